The number of hydrogen-bond donors (Lipinski definition) is 1. The van der Waals surface area contributed by atoms with Crippen LogP contribution in [0.25, 0.3) is 0 Å². The fourth-order valence-electron chi connectivity index (χ4n) is 1.39. The Bertz CT molecular complexity index is 726. The first-order chi connectivity index (χ1) is 10.5. The van der Waals surface area contributed by atoms with Crippen LogP contribution in [0.5, 0.6) is 0 Å². The van der Waals surface area contributed by atoms with Gasteiger partial charge in [-0.15, -0.1) is 0 Å². The van der Waals surface area contributed by atoms with Crippen LogP contribution in [0.15, 0.2) is 24.5 Å². The summed E-state index contributed by atoms with van der Waals surface area (Å²) in [5, 5.41) is 17.0. The van der Waals surface area contributed by atoms with Gasteiger partial charge in [0.2, 0.25) is 5.91 Å². The minimum Gasteiger partial charge on any atom is -0.368 e. The van der Waals surface area contributed by atoms with Gasteiger partial charge in [0, 0.05) is 12.4 Å². The average molecular weight is 540 g/mol. The molecule has 2 aromatic rings. The summed E-state index contributed by atoms with van der Waals surface area (Å²) in [7, 11) is 0. The normalized spacial score (nSPS) is 11.3. The Balaban J connectivity index is 0.000000231. The Morgan fingerprint density at radius 3 is 1.87 bits per heavy atom. The van der Waals surface area contributed by atoms with E-state index in [9.17, 15) is 4.79 Å². The number of amides is 1. The lowest BCUT2D eigenvalue weighted by Gasteiger charge is -2.20. The average Bonchev–Trinajstić information content (AvgIpc) is 3.08. The van der Waals surface area contributed by atoms with E-state index in [1.165, 1.54) is 0 Å². The van der Waals surface area contributed by atoms with Gasteiger partial charge >= 0.3 is 0 Å². The van der Waals surface area contributed by atoms with Crippen LogP contribution in [0.4, 0.5) is 0 Å². The minimum atomic E-state index is -0.747. The Hall–Kier alpha value is -1.16. The Morgan fingerprint density at radius 2 is 1.57 bits per heavy atom. The fraction of sp³-hybridized carbons (Fsp3) is 0.429. The second kappa shape index (κ2) is 7.61. The first-order valence-corrected chi connectivity index (χ1v) is 8.81. The van der Waals surface area contributed by atoms with Gasteiger partial charge in [0.05, 0.1) is 6.07 Å². The zero-order valence-electron chi connectivity index (χ0n) is 13.3. The molecule has 2 N–H and O–H groups in total. The van der Waals surface area contributed by atoms with Crippen molar-refractivity contribution in [1.82, 2.24) is 19.6 Å². The van der Waals surface area contributed by atoms with Gasteiger partial charge in [0.15, 0.2) is 0 Å². The van der Waals surface area contributed by atoms with Gasteiger partial charge < -0.3 is 5.73 Å². The van der Waals surface area contributed by atoms with Crippen molar-refractivity contribution in [1.29, 1.82) is 5.26 Å². The number of aromatic nitrogens is 4. The van der Waals surface area contributed by atoms with E-state index in [0.717, 1.165) is 7.40 Å². The van der Waals surface area contributed by atoms with Crippen molar-refractivity contribution >= 4 is 51.1 Å². The highest BCUT2D eigenvalue weighted by Crippen LogP contribution is 2.14. The maximum atomic E-state index is 11.0. The third-order valence-electron chi connectivity index (χ3n) is 3.14. The largest absolute Gasteiger partial charge is 0.368 e. The van der Waals surface area contributed by atoms with E-state index in [1.54, 1.807) is 29.4 Å². The van der Waals surface area contributed by atoms with E-state index in [0.29, 0.717) is 0 Å². The molecule has 0 saturated carbocycles. The number of carbonyl (C=O) groups is 1. The zero-order valence-corrected chi connectivity index (χ0v) is 17.6. The summed E-state index contributed by atoms with van der Waals surface area (Å²) in [6.45, 7) is 7.13. The monoisotopic (exact) mass is 540 g/mol. The number of rotatable bonds is 3. The van der Waals surface area contributed by atoms with Crippen LogP contribution in [0, 0.1) is 18.7 Å². The Kier molecular flexibility index (Phi) is 6.58. The standard InChI is InChI=1S/C7H10IN3O.C7H8IN3/c1-7(2,6(9)12)11-4-3-5(8)10-11;1-7(2,5-9)11-4-3-6(8)10-11/h3-4H,1-2H3,(H2,9,12);3-4H,1-2H3. The molecule has 0 spiro atoms. The lowest BCUT2D eigenvalue weighted by molar-refractivity contribution is -0.125. The number of carbonyl (C=O) groups excluding carboxylic acids is 1. The second-order valence-electron chi connectivity index (χ2n) is 5.76. The molecular formula is C14H18I2N6O. The highest BCUT2D eigenvalue weighted by Gasteiger charge is 2.27. The number of halogens is 2. The molecule has 0 fully saturated rings. The van der Waals surface area contributed by atoms with Gasteiger partial charge in [-0.3, -0.25) is 14.2 Å². The molecule has 1 amide bonds. The summed E-state index contributed by atoms with van der Waals surface area (Å²) >= 11 is 4.20. The van der Waals surface area contributed by atoms with Crippen molar-refractivity contribution in [2.24, 2.45) is 5.73 Å². The van der Waals surface area contributed by atoms with Crippen LogP contribution >= 0.6 is 45.2 Å². The predicted octanol–water partition coefficient (Wildman–Crippen LogP) is 2.45. The molecule has 0 radical (unpaired) electrons. The molecule has 9 heteroatoms. The molecule has 0 aliphatic carbocycles. The summed E-state index contributed by atoms with van der Waals surface area (Å²) in [4.78, 5) is 11.0. The number of primary amides is 1. The van der Waals surface area contributed by atoms with Crippen LogP contribution in [0.2, 0.25) is 0 Å². The number of hydrogen-bond acceptors (Lipinski definition) is 4. The maximum Gasteiger partial charge on any atom is 0.244 e. The molecule has 2 aromatic heterocycles. The summed E-state index contributed by atoms with van der Waals surface area (Å²) < 4.78 is 4.99. The minimum absolute atomic E-state index is 0.387. The molecule has 7 nitrogen and oxygen atoms in total. The summed E-state index contributed by atoms with van der Waals surface area (Å²) in [6, 6.07) is 5.87. The molecule has 2 heterocycles. The molecule has 2 rings (SSSR count). The third kappa shape index (κ3) is 5.17. The maximum absolute atomic E-state index is 11.0. The van der Waals surface area contributed by atoms with Gasteiger partial charge in [-0.2, -0.15) is 15.5 Å². The molecular weight excluding hydrogens is 522 g/mol. The smallest absolute Gasteiger partial charge is 0.244 e. The van der Waals surface area contributed by atoms with E-state index in [1.807, 2.05) is 32.2 Å². The van der Waals surface area contributed by atoms with E-state index in [4.69, 9.17) is 11.0 Å². The molecule has 124 valence electrons. The van der Waals surface area contributed by atoms with E-state index in [-0.39, 0.29) is 5.91 Å². The lowest BCUT2D eigenvalue weighted by Crippen LogP contribution is -2.41. The SMILES string of the molecule is CC(C)(C#N)n1ccc(I)n1.CC(C)(C(N)=O)n1ccc(I)n1. The molecule has 0 atom stereocenters. The fourth-order valence-corrected chi connectivity index (χ4v) is 2.18. The highest BCUT2D eigenvalue weighted by atomic mass is 127. The molecule has 0 bridgehead atoms. The van der Waals surface area contributed by atoms with E-state index >= 15 is 0 Å². The summed E-state index contributed by atoms with van der Waals surface area (Å²) in [5.74, 6) is -0.387. The van der Waals surface area contributed by atoms with Crippen molar-refractivity contribution in [3.8, 4) is 6.07 Å². The van der Waals surface area contributed by atoms with E-state index < -0.39 is 11.1 Å². The van der Waals surface area contributed by atoms with Crippen molar-refractivity contribution in [2.75, 3.05) is 0 Å². The lowest BCUT2D eigenvalue weighted by atomic mass is 10.1. The van der Waals surface area contributed by atoms with Crippen molar-refractivity contribution < 1.29 is 4.79 Å². The Labute approximate surface area is 162 Å². The van der Waals surface area contributed by atoms with Crippen LogP contribution in [0.3, 0.4) is 0 Å². The van der Waals surface area contributed by atoms with Crippen LogP contribution in [-0.4, -0.2) is 25.5 Å². The van der Waals surface area contributed by atoms with E-state index in [2.05, 4.69) is 61.4 Å². The van der Waals surface area contributed by atoms with Crippen LogP contribution < -0.4 is 5.73 Å². The molecule has 23 heavy (non-hydrogen) atoms. The van der Waals surface area contributed by atoms with Crippen molar-refractivity contribution in [2.45, 2.75) is 38.8 Å². The second-order valence-corrected chi connectivity index (χ2v) is 7.97. The summed E-state index contributed by atoms with van der Waals surface area (Å²) in [5.41, 5.74) is 3.92. The van der Waals surface area contributed by atoms with Gasteiger partial charge in [0.25, 0.3) is 0 Å². The third-order valence-corrected chi connectivity index (χ3v) is 4.29. The number of nitriles is 1. The number of nitrogens with zero attached hydrogens (tertiary/aromatic N) is 5. The topological polar surface area (TPSA) is 103 Å². The summed E-state index contributed by atoms with van der Waals surface area (Å²) in [6.07, 6.45) is 3.55. The number of nitrogens with two attached hydrogens (primary N) is 1. The van der Waals surface area contributed by atoms with Gasteiger partial charge in [-0.1, -0.05) is 0 Å². The van der Waals surface area contributed by atoms with Crippen LogP contribution in [0.1, 0.15) is 27.7 Å². The van der Waals surface area contributed by atoms with Gasteiger partial charge in [0.1, 0.15) is 18.5 Å². The highest BCUT2D eigenvalue weighted by molar-refractivity contribution is 14.1. The molecule has 0 aliphatic heterocycles. The van der Waals surface area contributed by atoms with Crippen LogP contribution in [-0.2, 0) is 15.9 Å². The van der Waals surface area contributed by atoms with Crippen molar-refractivity contribution in [3.63, 3.8) is 0 Å². The molecule has 0 aliphatic rings. The Morgan fingerprint density at radius 1 is 1.13 bits per heavy atom. The molecule has 0 aromatic carbocycles. The quantitative estimate of drug-likeness (QED) is 0.605. The zero-order chi connectivity index (χ0) is 17.8. The molecule has 0 saturated heterocycles. The van der Waals surface area contributed by atoms with Gasteiger partial charge in [-0.25, -0.2) is 0 Å². The van der Waals surface area contributed by atoms with Gasteiger partial charge in [-0.05, 0) is 85.0 Å². The predicted molar refractivity (Wildman–Crippen MR) is 103 cm³/mol. The first kappa shape index (κ1) is 19.9. The van der Waals surface area contributed by atoms with Crippen molar-refractivity contribution in [3.05, 3.63) is 31.9 Å². The molecule has 0 unspecified atom stereocenters. The first-order valence-electron chi connectivity index (χ1n) is 6.65.